The molecule has 0 aliphatic rings. The smallest absolute Gasteiger partial charge is 0.258 e. The van der Waals surface area contributed by atoms with E-state index in [1.54, 1.807) is 24.3 Å². The number of hydrogen-bond donors (Lipinski definition) is 2. The molecule has 31 heavy (non-hydrogen) atoms. The van der Waals surface area contributed by atoms with Gasteiger partial charge in [0, 0.05) is 40.8 Å². The monoisotopic (exact) mass is 410 g/mol. The van der Waals surface area contributed by atoms with Crippen LogP contribution in [0.1, 0.15) is 6.92 Å². The van der Waals surface area contributed by atoms with Crippen molar-refractivity contribution < 1.29 is 14.1 Å². The van der Waals surface area contributed by atoms with E-state index in [0.717, 1.165) is 27.7 Å². The van der Waals surface area contributed by atoms with Crippen molar-refractivity contribution in [3.63, 3.8) is 0 Å². The van der Waals surface area contributed by atoms with Gasteiger partial charge in [-0.15, -0.1) is 0 Å². The maximum atomic E-state index is 11.1. The standard InChI is InChI=1S/C24H18N4O3/c1-15(29)26-17-7-11-19(12-8-17)30-18-9-5-16(6-10-18)23-27-24(31-28-23)21-3-2-4-22-20(21)13-14-25-22/h2-14,25H,1H3,(H,26,29). The van der Waals surface area contributed by atoms with Gasteiger partial charge in [0.15, 0.2) is 0 Å². The fourth-order valence-electron chi connectivity index (χ4n) is 3.34. The molecular formula is C24H18N4O3. The van der Waals surface area contributed by atoms with Crippen molar-refractivity contribution in [2.75, 3.05) is 5.32 Å². The predicted octanol–water partition coefficient (Wildman–Crippen LogP) is 5.64. The molecule has 0 unspecified atom stereocenters. The Kier molecular flexibility index (Phi) is 4.68. The number of fused-ring (bicyclic) bond motifs is 1. The molecule has 152 valence electrons. The van der Waals surface area contributed by atoms with E-state index in [2.05, 4.69) is 20.4 Å². The van der Waals surface area contributed by atoms with Gasteiger partial charge in [0.2, 0.25) is 11.7 Å². The second-order valence-electron chi connectivity index (χ2n) is 7.00. The van der Waals surface area contributed by atoms with Crippen molar-refractivity contribution in [2.24, 2.45) is 0 Å². The lowest BCUT2D eigenvalue weighted by atomic mass is 10.1. The maximum Gasteiger partial charge on any atom is 0.258 e. The first kappa shape index (κ1) is 18.6. The minimum atomic E-state index is -0.112. The lowest BCUT2D eigenvalue weighted by Gasteiger charge is -2.07. The number of aromatic nitrogens is 3. The molecule has 7 heteroatoms. The first-order valence-corrected chi connectivity index (χ1v) is 9.72. The molecule has 7 nitrogen and oxygen atoms in total. The summed E-state index contributed by atoms with van der Waals surface area (Å²) in [5.41, 5.74) is 3.45. The second-order valence-corrected chi connectivity index (χ2v) is 7.00. The van der Waals surface area contributed by atoms with E-state index in [9.17, 15) is 4.79 Å². The average molecular weight is 410 g/mol. The van der Waals surface area contributed by atoms with Gasteiger partial charge in [0.25, 0.3) is 5.89 Å². The van der Waals surface area contributed by atoms with Crippen molar-refractivity contribution in [2.45, 2.75) is 6.92 Å². The van der Waals surface area contributed by atoms with Crippen LogP contribution in [0.2, 0.25) is 0 Å². The highest BCUT2D eigenvalue weighted by molar-refractivity contribution is 5.93. The summed E-state index contributed by atoms with van der Waals surface area (Å²) in [4.78, 5) is 18.8. The summed E-state index contributed by atoms with van der Waals surface area (Å²) in [6, 6.07) is 22.5. The normalized spacial score (nSPS) is 10.9. The third-order valence-corrected chi connectivity index (χ3v) is 4.77. The Bertz CT molecular complexity index is 1350. The van der Waals surface area contributed by atoms with Gasteiger partial charge >= 0.3 is 0 Å². The van der Waals surface area contributed by atoms with Gasteiger partial charge in [0.1, 0.15) is 11.5 Å². The summed E-state index contributed by atoms with van der Waals surface area (Å²) >= 11 is 0. The molecule has 3 aromatic carbocycles. The minimum absolute atomic E-state index is 0.112. The van der Waals surface area contributed by atoms with Gasteiger partial charge in [0.05, 0.1) is 0 Å². The Balaban J connectivity index is 1.33. The lowest BCUT2D eigenvalue weighted by molar-refractivity contribution is -0.114. The predicted molar refractivity (Wildman–Crippen MR) is 118 cm³/mol. The Morgan fingerprint density at radius 1 is 0.968 bits per heavy atom. The first-order valence-electron chi connectivity index (χ1n) is 9.72. The Hall–Kier alpha value is -4.39. The molecule has 0 aliphatic carbocycles. The highest BCUT2D eigenvalue weighted by Crippen LogP contribution is 2.30. The van der Waals surface area contributed by atoms with Crippen LogP contribution in [0.3, 0.4) is 0 Å². The van der Waals surface area contributed by atoms with Crippen LogP contribution in [0, 0.1) is 0 Å². The van der Waals surface area contributed by atoms with Gasteiger partial charge in [-0.3, -0.25) is 4.79 Å². The zero-order valence-corrected chi connectivity index (χ0v) is 16.6. The van der Waals surface area contributed by atoms with Gasteiger partial charge in [-0.2, -0.15) is 4.98 Å². The van der Waals surface area contributed by atoms with Crippen LogP contribution in [-0.2, 0) is 4.79 Å². The topological polar surface area (TPSA) is 93.0 Å². The summed E-state index contributed by atoms with van der Waals surface area (Å²) in [5.74, 6) is 2.22. The minimum Gasteiger partial charge on any atom is -0.457 e. The fourth-order valence-corrected chi connectivity index (χ4v) is 3.34. The van der Waals surface area contributed by atoms with E-state index < -0.39 is 0 Å². The molecule has 2 aromatic heterocycles. The molecule has 0 saturated carbocycles. The van der Waals surface area contributed by atoms with E-state index in [1.807, 2.05) is 54.7 Å². The molecule has 0 aliphatic heterocycles. The van der Waals surface area contributed by atoms with Crippen LogP contribution in [-0.4, -0.2) is 21.0 Å². The highest BCUT2D eigenvalue weighted by atomic mass is 16.5. The SMILES string of the molecule is CC(=O)Nc1ccc(Oc2ccc(-c3noc(-c4cccc5[nH]ccc45)n3)cc2)cc1. The van der Waals surface area contributed by atoms with Gasteiger partial charge < -0.3 is 19.6 Å². The number of carbonyl (C=O) groups excluding carboxylic acids is 1. The van der Waals surface area contributed by atoms with Crippen LogP contribution in [0.15, 0.2) is 83.5 Å². The van der Waals surface area contributed by atoms with Crippen molar-refractivity contribution in [3.05, 3.63) is 79.0 Å². The van der Waals surface area contributed by atoms with Crippen LogP contribution < -0.4 is 10.1 Å². The second kappa shape index (κ2) is 7.79. The van der Waals surface area contributed by atoms with Crippen LogP contribution in [0.5, 0.6) is 11.5 Å². The van der Waals surface area contributed by atoms with Gasteiger partial charge in [-0.1, -0.05) is 11.2 Å². The van der Waals surface area contributed by atoms with E-state index >= 15 is 0 Å². The van der Waals surface area contributed by atoms with Gasteiger partial charge in [-0.25, -0.2) is 0 Å². The number of carbonyl (C=O) groups is 1. The zero-order valence-electron chi connectivity index (χ0n) is 16.6. The third-order valence-electron chi connectivity index (χ3n) is 4.77. The quantitative estimate of drug-likeness (QED) is 0.391. The Morgan fingerprint density at radius 2 is 1.71 bits per heavy atom. The molecule has 2 N–H and O–H groups in total. The third kappa shape index (κ3) is 3.89. The fraction of sp³-hybridized carbons (Fsp3) is 0.0417. The molecular weight excluding hydrogens is 392 g/mol. The summed E-state index contributed by atoms with van der Waals surface area (Å²) in [6.45, 7) is 1.47. The van der Waals surface area contributed by atoms with Crippen LogP contribution in [0.4, 0.5) is 5.69 Å². The molecule has 1 amide bonds. The van der Waals surface area contributed by atoms with E-state index in [4.69, 9.17) is 9.26 Å². The van der Waals surface area contributed by atoms with E-state index in [1.165, 1.54) is 6.92 Å². The number of benzene rings is 3. The molecule has 5 aromatic rings. The number of amides is 1. The van der Waals surface area contributed by atoms with Gasteiger partial charge in [-0.05, 0) is 66.7 Å². The first-order chi connectivity index (χ1) is 15.2. The molecule has 5 rings (SSSR count). The van der Waals surface area contributed by atoms with E-state index in [0.29, 0.717) is 23.2 Å². The van der Waals surface area contributed by atoms with E-state index in [-0.39, 0.29) is 5.91 Å². The average Bonchev–Trinajstić information content (AvgIpc) is 3.45. The Morgan fingerprint density at radius 3 is 2.45 bits per heavy atom. The lowest BCUT2D eigenvalue weighted by Crippen LogP contribution is -2.05. The largest absolute Gasteiger partial charge is 0.457 e. The van der Waals surface area contributed by atoms with Crippen molar-refractivity contribution in [3.8, 4) is 34.3 Å². The number of nitrogens with one attached hydrogen (secondary N) is 2. The molecule has 0 radical (unpaired) electrons. The number of anilines is 1. The number of hydrogen-bond acceptors (Lipinski definition) is 5. The molecule has 0 saturated heterocycles. The van der Waals surface area contributed by atoms with Crippen molar-refractivity contribution in [1.29, 1.82) is 0 Å². The number of H-pyrrole nitrogens is 1. The molecule has 0 fully saturated rings. The summed E-state index contributed by atoms with van der Waals surface area (Å²) in [6.07, 6.45) is 1.89. The number of rotatable bonds is 5. The highest BCUT2D eigenvalue weighted by Gasteiger charge is 2.13. The van der Waals surface area contributed by atoms with Crippen molar-refractivity contribution in [1.82, 2.24) is 15.1 Å². The Labute approximate surface area is 177 Å². The van der Waals surface area contributed by atoms with Crippen LogP contribution in [0.25, 0.3) is 33.7 Å². The van der Waals surface area contributed by atoms with Crippen molar-refractivity contribution >= 4 is 22.5 Å². The summed E-state index contributed by atoms with van der Waals surface area (Å²) in [7, 11) is 0. The zero-order chi connectivity index (χ0) is 21.2. The molecule has 0 bridgehead atoms. The summed E-state index contributed by atoms with van der Waals surface area (Å²) < 4.78 is 11.4. The molecule has 0 spiro atoms. The molecule has 0 atom stereocenters. The number of ether oxygens (including phenoxy) is 1. The number of nitrogens with zero attached hydrogens (tertiary/aromatic N) is 2. The summed E-state index contributed by atoms with van der Waals surface area (Å²) in [5, 5.41) is 7.89. The van der Waals surface area contributed by atoms with Crippen LogP contribution >= 0.6 is 0 Å². The number of aromatic amines is 1. The maximum absolute atomic E-state index is 11.1. The molecule has 2 heterocycles.